The van der Waals surface area contributed by atoms with Crippen LogP contribution in [0.1, 0.15) is 39.0 Å². The number of likely N-dealkylation sites (N-methyl/N-ethyl adjacent to an activating group) is 2. The van der Waals surface area contributed by atoms with Gasteiger partial charge >= 0.3 is 0 Å². The highest BCUT2D eigenvalue weighted by molar-refractivity contribution is 5.47. The molecule has 1 aliphatic rings. The summed E-state index contributed by atoms with van der Waals surface area (Å²) < 4.78 is 14.0. The molecule has 1 aromatic carbocycles. The Labute approximate surface area is 122 Å². The second-order valence-corrected chi connectivity index (χ2v) is 5.78. The fraction of sp³-hybridized carbons (Fsp3) is 0.647. The molecule has 1 unspecified atom stereocenters. The maximum atomic E-state index is 14.0. The van der Waals surface area contributed by atoms with Crippen LogP contribution in [0.4, 0.5) is 10.1 Å². The minimum Gasteiger partial charge on any atom is -0.368 e. The van der Waals surface area contributed by atoms with E-state index in [1.165, 1.54) is 32.1 Å². The second-order valence-electron chi connectivity index (χ2n) is 5.78. The van der Waals surface area contributed by atoms with Crippen LogP contribution in [0.5, 0.6) is 0 Å². The van der Waals surface area contributed by atoms with E-state index in [2.05, 4.69) is 17.1 Å². The minimum absolute atomic E-state index is 0.118. The summed E-state index contributed by atoms with van der Waals surface area (Å²) in [6.07, 6.45) is 6.67. The zero-order valence-electron chi connectivity index (χ0n) is 12.7. The molecule has 0 saturated heterocycles. The Hall–Kier alpha value is -1.09. The summed E-state index contributed by atoms with van der Waals surface area (Å²) >= 11 is 0. The molecule has 112 valence electrons. The van der Waals surface area contributed by atoms with Gasteiger partial charge in [0, 0.05) is 19.1 Å². The van der Waals surface area contributed by atoms with E-state index < -0.39 is 0 Å². The van der Waals surface area contributed by atoms with E-state index in [-0.39, 0.29) is 5.82 Å². The molecule has 2 nitrogen and oxygen atoms in total. The van der Waals surface area contributed by atoms with Crippen molar-refractivity contribution in [2.24, 2.45) is 5.92 Å². The van der Waals surface area contributed by atoms with Crippen molar-refractivity contribution in [2.75, 3.05) is 25.0 Å². The zero-order valence-corrected chi connectivity index (χ0v) is 12.7. The number of nitrogens with zero attached hydrogens (tertiary/aromatic N) is 1. The van der Waals surface area contributed by atoms with Crippen LogP contribution in [-0.2, 0) is 0 Å². The quantitative estimate of drug-likeness (QED) is 0.851. The van der Waals surface area contributed by atoms with Crippen molar-refractivity contribution in [3.8, 4) is 0 Å². The van der Waals surface area contributed by atoms with Crippen LogP contribution in [0.2, 0.25) is 0 Å². The molecule has 1 aromatic rings. The fourth-order valence-electron chi connectivity index (χ4n) is 3.36. The molecule has 1 aliphatic carbocycles. The molecule has 1 atom stereocenters. The van der Waals surface area contributed by atoms with E-state index >= 15 is 0 Å². The van der Waals surface area contributed by atoms with Crippen LogP contribution in [0, 0.1) is 11.7 Å². The van der Waals surface area contributed by atoms with Gasteiger partial charge in [0.15, 0.2) is 0 Å². The van der Waals surface area contributed by atoms with E-state index in [0.717, 1.165) is 24.7 Å². The summed E-state index contributed by atoms with van der Waals surface area (Å²) in [5.41, 5.74) is 0.728. The first-order chi connectivity index (χ1) is 9.76. The molecule has 0 aromatic heterocycles. The maximum Gasteiger partial charge on any atom is 0.146 e. The van der Waals surface area contributed by atoms with E-state index in [0.29, 0.717) is 6.04 Å². The zero-order chi connectivity index (χ0) is 14.4. The van der Waals surface area contributed by atoms with Gasteiger partial charge in [-0.3, -0.25) is 0 Å². The van der Waals surface area contributed by atoms with Gasteiger partial charge in [0.2, 0.25) is 0 Å². The van der Waals surface area contributed by atoms with Crippen molar-refractivity contribution in [1.82, 2.24) is 5.32 Å². The average molecular weight is 278 g/mol. The summed E-state index contributed by atoms with van der Waals surface area (Å²) in [5, 5.41) is 3.46. The van der Waals surface area contributed by atoms with Crippen molar-refractivity contribution in [1.29, 1.82) is 0 Å². The van der Waals surface area contributed by atoms with Crippen molar-refractivity contribution < 1.29 is 4.39 Å². The lowest BCUT2D eigenvalue weighted by Crippen LogP contribution is -2.45. The standard InChI is InChI=1S/C17H27FN2/c1-3-20(17-12-8-7-11-15(17)18)13-16(19-2)14-9-5-4-6-10-14/h7-8,11-12,14,16,19H,3-6,9-10,13H2,1-2H3. The molecule has 3 heteroatoms. The van der Waals surface area contributed by atoms with E-state index in [1.54, 1.807) is 12.1 Å². The van der Waals surface area contributed by atoms with Crippen molar-refractivity contribution in [2.45, 2.75) is 45.1 Å². The number of hydrogen-bond acceptors (Lipinski definition) is 2. The summed E-state index contributed by atoms with van der Waals surface area (Å²) in [5.74, 6) is 0.613. The Morgan fingerprint density at radius 2 is 1.95 bits per heavy atom. The highest BCUT2D eigenvalue weighted by atomic mass is 19.1. The second kappa shape index (κ2) is 7.63. The highest BCUT2D eigenvalue weighted by Crippen LogP contribution is 2.28. The van der Waals surface area contributed by atoms with Gasteiger partial charge in [-0.1, -0.05) is 31.4 Å². The highest BCUT2D eigenvalue weighted by Gasteiger charge is 2.24. The van der Waals surface area contributed by atoms with Gasteiger partial charge in [-0.25, -0.2) is 4.39 Å². The number of nitrogens with one attached hydrogen (secondary N) is 1. The van der Waals surface area contributed by atoms with Crippen molar-refractivity contribution in [3.05, 3.63) is 30.1 Å². The van der Waals surface area contributed by atoms with Gasteiger partial charge in [-0.05, 0) is 44.9 Å². The van der Waals surface area contributed by atoms with Crippen LogP contribution < -0.4 is 10.2 Å². The third-order valence-corrected chi connectivity index (χ3v) is 4.58. The van der Waals surface area contributed by atoms with Crippen LogP contribution in [-0.4, -0.2) is 26.2 Å². The molecule has 2 rings (SSSR count). The molecule has 0 aliphatic heterocycles. The average Bonchev–Trinajstić information content (AvgIpc) is 2.50. The molecule has 1 N–H and O–H groups in total. The number of rotatable bonds is 6. The SMILES string of the molecule is CCN(CC(NC)C1CCCCC1)c1ccccc1F. The minimum atomic E-state index is -0.118. The third kappa shape index (κ3) is 3.72. The molecule has 1 fully saturated rings. The van der Waals surface area contributed by atoms with Gasteiger partial charge in [0.1, 0.15) is 5.82 Å². The van der Waals surface area contributed by atoms with Crippen LogP contribution in [0.3, 0.4) is 0 Å². The Kier molecular flexibility index (Phi) is 5.84. The maximum absolute atomic E-state index is 14.0. The van der Waals surface area contributed by atoms with Gasteiger partial charge in [0.05, 0.1) is 5.69 Å². The predicted octanol–water partition coefficient (Wildman–Crippen LogP) is 3.82. The monoisotopic (exact) mass is 278 g/mol. The predicted molar refractivity (Wildman–Crippen MR) is 83.7 cm³/mol. The molecular formula is C17H27FN2. The van der Waals surface area contributed by atoms with Crippen molar-refractivity contribution >= 4 is 5.69 Å². The third-order valence-electron chi connectivity index (χ3n) is 4.58. The van der Waals surface area contributed by atoms with Gasteiger partial charge in [-0.2, -0.15) is 0 Å². The number of halogens is 1. The molecule has 0 amide bonds. The lowest BCUT2D eigenvalue weighted by molar-refractivity contribution is 0.279. The number of benzene rings is 1. The Morgan fingerprint density at radius 3 is 2.55 bits per heavy atom. The van der Waals surface area contributed by atoms with Gasteiger partial charge < -0.3 is 10.2 Å². The lowest BCUT2D eigenvalue weighted by atomic mass is 9.83. The molecule has 20 heavy (non-hydrogen) atoms. The smallest absolute Gasteiger partial charge is 0.146 e. The summed E-state index contributed by atoms with van der Waals surface area (Å²) in [6.45, 7) is 3.82. The Balaban J connectivity index is 2.05. The number of anilines is 1. The molecule has 0 radical (unpaired) electrons. The van der Waals surface area contributed by atoms with Crippen LogP contribution in [0.25, 0.3) is 0 Å². The number of para-hydroxylation sites is 1. The van der Waals surface area contributed by atoms with Crippen LogP contribution in [0.15, 0.2) is 24.3 Å². The molecule has 0 spiro atoms. The first-order valence-electron chi connectivity index (χ1n) is 7.93. The van der Waals surface area contributed by atoms with E-state index in [4.69, 9.17) is 0 Å². The molecule has 1 saturated carbocycles. The van der Waals surface area contributed by atoms with Gasteiger partial charge in [-0.15, -0.1) is 0 Å². The number of hydrogen-bond donors (Lipinski definition) is 1. The topological polar surface area (TPSA) is 15.3 Å². The van der Waals surface area contributed by atoms with E-state index in [9.17, 15) is 4.39 Å². The first-order valence-corrected chi connectivity index (χ1v) is 7.93. The molecule has 0 heterocycles. The summed E-state index contributed by atoms with van der Waals surface area (Å²) in [7, 11) is 2.04. The lowest BCUT2D eigenvalue weighted by Gasteiger charge is -2.35. The summed E-state index contributed by atoms with van der Waals surface area (Å²) in [4.78, 5) is 2.16. The first kappa shape index (κ1) is 15.3. The fourth-order valence-corrected chi connectivity index (χ4v) is 3.36. The Morgan fingerprint density at radius 1 is 1.25 bits per heavy atom. The van der Waals surface area contributed by atoms with Crippen molar-refractivity contribution in [3.63, 3.8) is 0 Å². The normalized spacial score (nSPS) is 17.9. The molecule has 0 bridgehead atoms. The summed E-state index contributed by atoms with van der Waals surface area (Å²) in [6, 6.07) is 7.55. The molecular weight excluding hydrogens is 251 g/mol. The van der Waals surface area contributed by atoms with Gasteiger partial charge in [0.25, 0.3) is 0 Å². The van der Waals surface area contributed by atoms with Crippen LogP contribution >= 0.6 is 0 Å². The Bertz CT molecular complexity index is 402. The van der Waals surface area contributed by atoms with E-state index in [1.807, 2.05) is 19.2 Å². The largest absolute Gasteiger partial charge is 0.368 e.